The number of rotatable bonds is 9. The maximum absolute atomic E-state index is 5.65. The molecule has 0 radical (unpaired) electrons. The molecule has 3 nitrogen and oxygen atoms in total. The van der Waals surface area contributed by atoms with Crippen LogP contribution in [0.1, 0.15) is 38.3 Å². The molecule has 102 valence electrons. The van der Waals surface area contributed by atoms with Crippen LogP contribution in [0.25, 0.3) is 0 Å². The van der Waals surface area contributed by atoms with Crippen LogP contribution in [0.5, 0.6) is 5.75 Å². The monoisotopic (exact) mass is 251 g/mol. The number of ether oxygens (including phenoxy) is 2. The molecule has 0 aliphatic rings. The fourth-order valence-corrected chi connectivity index (χ4v) is 1.82. The van der Waals surface area contributed by atoms with E-state index >= 15 is 0 Å². The Balaban J connectivity index is 2.56. The van der Waals surface area contributed by atoms with Crippen molar-refractivity contribution in [3.05, 3.63) is 29.8 Å². The molecule has 3 heteroatoms. The zero-order valence-electron chi connectivity index (χ0n) is 11.7. The Morgan fingerprint density at radius 1 is 1.17 bits per heavy atom. The van der Waals surface area contributed by atoms with E-state index in [-0.39, 0.29) is 6.04 Å². The Morgan fingerprint density at radius 2 is 1.89 bits per heavy atom. The molecule has 1 N–H and O–H groups in total. The third kappa shape index (κ3) is 5.07. The first-order valence-electron chi connectivity index (χ1n) is 6.76. The minimum Gasteiger partial charge on any atom is -0.494 e. The number of nitrogens with one attached hydrogen (secondary N) is 1. The quantitative estimate of drug-likeness (QED) is 0.684. The molecule has 0 bridgehead atoms. The summed E-state index contributed by atoms with van der Waals surface area (Å²) in [5.41, 5.74) is 1.24. The van der Waals surface area contributed by atoms with E-state index in [2.05, 4.69) is 31.3 Å². The van der Waals surface area contributed by atoms with E-state index in [9.17, 15) is 0 Å². The third-order valence-electron chi connectivity index (χ3n) is 2.83. The second-order valence-corrected chi connectivity index (χ2v) is 4.34. The van der Waals surface area contributed by atoms with E-state index < -0.39 is 0 Å². The zero-order valence-corrected chi connectivity index (χ0v) is 11.7. The van der Waals surface area contributed by atoms with Crippen molar-refractivity contribution in [3.8, 4) is 5.75 Å². The Hall–Kier alpha value is -1.06. The lowest BCUT2D eigenvalue weighted by atomic mass is 10.1. The van der Waals surface area contributed by atoms with E-state index in [0.717, 1.165) is 31.7 Å². The molecule has 1 rings (SSSR count). The number of hydrogen-bond donors (Lipinski definition) is 1. The second kappa shape index (κ2) is 8.95. The minimum absolute atomic E-state index is 0.254. The molecule has 18 heavy (non-hydrogen) atoms. The summed E-state index contributed by atoms with van der Waals surface area (Å²) in [5.74, 6) is 0.944. The van der Waals surface area contributed by atoms with Crippen LogP contribution in [0.15, 0.2) is 24.3 Å². The molecule has 0 aromatic heterocycles. The van der Waals surface area contributed by atoms with Crippen LogP contribution in [-0.2, 0) is 4.74 Å². The average Bonchev–Trinajstić information content (AvgIpc) is 2.40. The Morgan fingerprint density at radius 3 is 2.44 bits per heavy atom. The van der Waals surface area contributed by atoms with Gasteiger partial charge in [0.2, 0.25) is 0 Å². The van der Waals surface area contributed by atoms with Gasteiger partial charge >= 0.3 is 0 Å². The van der Waals surface area contributed by atoms with Crippen molar-refractivity contribution < 1.29 is 9.47 Å². The largest absolute Gasteiger partial charge is 0.494 e. The van der Waals surface area contributed by atoms with E-state index in [1.165, 1.54) is 5.56 Å². The van der Waals surface area contributed by atoms with Gasteiger partial charge in [-0.1, -0.05) is 32.4 Å². The first-order valence-corrected chi connectivity index (χ1v) is 6.76. The average molecular weight is 251 g/mol. The van der Waals surface area contributed by atoms with Crippen LogP contribution in [0, 0.1) is 0 Å². The summed E-state index contributed by atoms with van der Waals surface area (Å²) < 4.78 is 10.9. The Labute approximate surface area is 110 Å². The lowest BCUT2D eigenvalue weighted by molar-refractivity contribution is 0.168. The fraction of sp³-hybridized carbons (Fsp3) is 0.600. The number of hydrogen-bond acceptors (Lipinski definition) is 3. The molecule has 0 aliphatic carbocycles. The zero-order chi connectivity index (χ0) is 13.2. The highest BCUT2D eigenvalue weighted by Crippen LogP contribution is 2.18. The fourth-order valence-electron chi connectivity index (χ4n) is 1.82. The van der Waals surface area contributed by atoms with Gasteiger partial charge in [0.15, 0.2) is 0 Å². The standard InChI is InChI=1S/C15H25NO2/c1-4-6-11-18-14-9-7-13(8-10-14)15(12-17-3)16-5-2/h7-10,15-16H,4-6,11-12H2,1-3H3. The second-order valence-electron chi connectivity index (χ2n) is 4.34. The molecule has 0 spiro atoms. The van der Waals surface area contributed by atoms with Crippen molar-refractivity contribution >= 4 is 0 Å². The molecule has 0 amide bonds. The highest BCUT2D eigenvalue weighted by atomic mass is 16.5. The molecule has 1 aromatic carbocycles. The van der Waals surface area contributed by atoms with Gasteiger partial charge in [-0.3, -0.25) is 0 Å². The summed E-state index contributed by atoms with van der Waals surface area (Å²) in [5, 5.41) is 3.41. The smallest absolute Gasteiger partial charge is 0.119 e. The molecule has 0 aliphatic heterocycles. The van der Waals surface area contributed by atoms with E-state index in [1.807, 2.05) is 12.1 Å². The summed E-state index contributed by atoms with van der Waals surface area (Å²) >= 11 is 0. The summed E-state index contributed by atoms with van der Waals surface area (Å²) in [7, 11) is 1.73. The number of unbranched alkanes of at least 4 members (excludes halogenated alkanes) is 1. The lowest BCUT2D eigenvalue weighted by Gasteiger charge is -2.17. The van der Waals surface area contributed by atoms with Crippen molar-refractivity contribution in [3.63, 3.8) is 0 Å². The van der Waals surface area contributed by atoms with Crippen molar-refractivity contribution in [2.75, 3.05) is 26.9 Å². The van der Waals surface area contributed by atoms with Gasteiger partial charge < -0.3 is 14.8 Å². The van der Waals surface area contributed by atoms with Crippen molar-refractivity contribution in [1.29, 1.82) is 0 Å². The summed E-state index contributed by atoms with van der Waals surface area (Å²) in [4.78, 5) is 0. The molecule has 0 saturated carbocycles. The highest BCUT2D eigenvalue weighted by Gasteiger charge is 2.09. The molecule has 1 unspecified atom stereocenters. The predicted octanol–water partition coefficient (Wildman–Crippen LogP) is 3.16. The lowest BCUT2D eigenvalue weighted by Crippen LogP contribution is -2.24. The van der Waals surface area contributed by atoms with Crippen LogP contribution in [0.3, 0.4) is 0 Å². The van der Waals surface area contributed by atoms with Gasteiger partial charge in [-0.15, -0.1) is 0 Å². The van der Waals surface area contributed by atoms with Crippen molar-refractivity contribution in [2.24, 2.45) is 0 Å². The van der Waals surface area contributed by atoms with Gasteiger partial charge in [-0.2, -0.15) is 0 Å². The van der Waals surface area contributed by atoms with Gasteiger partial charge in [0.25, 0.3) is 0 Å². The number of benzene rings is 1. The molecule has 1 aromatic rings. The van der Waals surface area contributed by atoms with Crippen molar-refractivity contribution in [2.45, 2.75) is 32.7 Å². The summed E-state index contributed by atoms with van der Waals surface area (Å²) in [6, 6.07) is 8.53. The third-order valence-corrected chi connectivity index (χ3v) is 2.83. The Bertz CT molecular complexity index is 305. The van der Waals surface area contributed by atoms with E-state index in [1.54, 1.807) is 7.11 Å². The predicted molar refractivity (Wildman–Crippen MR) is 75.1 cm³/mol. The van der Waals surface area contributed by atoms with Crippen molar-refractivity contribution in [1.82, 2.24) is 5.32 Å². The SMILES string of the molecule is CCCCOc1ccc(C(COC)NCC)cc1. The summed E-state index contributed by atoms with van der Waals surface area (Å²) in [6.45, 7) is 6.68. The van der Waals surface area contributed by atoms with Gasteiger partial charge in [0.05, 0.1) is 19.3 Å². The Kier molecular flexibility index (Phi) is 7.46. The first-order chi connectivity index (χ1) is 8.81. The van der Waals surface area contributed by atoms with Crippen LogP contribution in [0.4, 0.5) is 0 Å². The molecule has 1 atom stereocenters. The molecular formula is C15H25NO2. The van der Waals surface area contributed by atoms with Crippen LogP contribution < -0.4 is 10.1 Å². The first kappa shape index (κ1) is 15.0. The highest BCUT2D eigenvalue weighted by molar-refractivity contribution is 5.29. The topological polar surface area (TPSA) is 30.5 Å². The number of likely N-dealkylation sites (N-methyl/N-ethyl adjacent to an activating group) is 1. The van der Waals surface area contributed by atoms with Crippen LogP contribution in [0.2, 0.25) is 0 Å². The molecule has 0 heterocycles. The van der Waals surface area contributed by atoms with Gasteiger partial charge in [0, 0.05) is 7.11 Å². The van der Waals surface area contributed by atoms with E-state index in [4.69, 9.17) is 9.47 Å². The van der Waals surface area contributed by atoms with Gasteiger partial charge in [0.1, 0.15) is 5.75 Å². The maximum atomic E-state index is 5.65. The molecular weight excluding hydrogens is 226 g/mol. The molecule has 0 saturated heterocycles. The van der Waals surface area contributed by atoms with Crippen LogP contribution >= 0.6 is 0 Å². The number of methoxy groups -OCH3 is 1. The molecule has 0 fully saturated rings. The van der Waals surface area contributed by atoms with Crippen LogP contribution in [-0.4, -0.2) is 26.9 Å². The summed E-state index contributed by atoms with van der Waals surface area (Å²) in [6.07, 6.45) is 2.26. The van der Waals surface area contributed by atoms with Gasteiger partial charge in [-0.05, 0) is 30.7 Å². The maximum Gasteiger partial charge on any atom is 0.119 e. The normalized spacial score (nSPS) is 12.4. The minimum atomic E-state index is 0.254. The van der Waals surface area contributed by atoms with Gasteiger partial charge in [-0.25, -0.2) is 0 Å². The van der Waals surface area contributed by atoms with E-state index in [0.29, 0.717) is 6.61 Å².